The number of anilines is 1. The highest BCUT2D eigenvalue weighted by atomic mass is 16.5. The minimum atomic E-state index is -0.384. The summed E-state index contributed by atoms with van der Waals surface area (Å²) in [5.41, 5.74) is 1.24. The van der Waals surface area contributed by atoms with Crippen LogP contribution in [0.15, 0.2) is 30.3 Å². The van der Waals surface area contributed by atoms with E-state index >= 15 is 0 Å². The first kappa shape index (κ1) is 27.0. The molecule has 4 fully saturated rings. The number of fused-ring (bicyclic) bond motifs is 5. The summed E-state index contributed by atoms with van der Waals surface area (Å²) in [6.07, 6.45) is 8.80. The smallest absolute Gasteiger partial charge is 0.411 e. The van der Waals surface area contributed by atoms with Crippen molar-refractivity contribution in [3.05, 3.63) is 30.3 Å². The van der Waals surface area contributed by atoms with Gasteiger partial charge in [-0.15, -0.1) is 0 Å². The third-order valence-corrected chi connectivity index (χ3v) is 12.0. The highest BCUT2D eigenvalue weighted by Gasteiger charge is 2.64. The maximum atomic E-state index is 12.2. The average molecular weight is 512 g/mol. The summed E-state index contributed by atoms with van der Waals surface area (Å²) >= 11 is 0. The van der Waals surface area contributed by atoms with Gasteiger partial charge in [-0.3, -0.25) is 5.32 Å². The maximum absolute atomic E-state index is 12.2. The molecule has 1 aromatic rings. The molecule has 3 N–H and O–H groups in total. The van der Waals surface area contributed by atoms with Crippen LogP contribution < -0.4 is 5.32 Å². The monoisotopic (exact) mass is 511 g/mol. The molecule has 0 aliphatic heterocycles. The van der Waals surface area contributed by atoms with Crippen molar-refractivity contribution in [1.29, 1.82) is 0 Å². The quantitative estimate of drug-likeness (QED) is 0.389. The van der Waals surface area contributed by atoms with Crippen molar-refractivity contribution >= 4 is 11.8 Å². The van der Waals surface area contributed by atoms with E-state index < -0.39 is 0 Å². The Bertz CT molecular complexity index is 938. The highest BCUT2D eigenvalue weighted by Crippen LogP contribution is 2.69. The predicted octanol–water partition coefficient (Wildman–Crippen LogP) is 6.89. The second-order valence-electron chi connectivity index (χ2n) is 13.5. The molecule has 0 heterocycles. The molecule has 11 atom stereocenters. The van der Waals surface area contributed by atoms with Gasteiger partial charge in [0, 0.05) is 5.69 Å². The number of hydrogen-bond donors (Lipinski definition) is 3. The van der Waals surface area contributed by atoms with Gasteiger partial charge in [-0.2, -0.15) is 0 Å². The molecule has 5 heteroatoms. The van der Waals surface area contributed by atoms with Gasteiger partial charge in [0.15, 0.2) is 0 Å². The van der Waals surface area contributed by atoms with E-state index in [1.807, 2.05) is 30.3 Å². The number of carbonyl (C=O) groups is 1. The number of para-hydroxylation sites is 1. The zero-order valence-electron chi connectivity index (χ0n) is 23.4. The van der Waals surface area contributed by atoms with Gasteiger partial charge >= 0.3 is 6.09 Å². The summed E-state index contributed by atoms with van der Waals surface area (Å²) in [7, 11) is 0. The van der Waals surface area contributed by atoms with Crippen LogP contribution in [0.2, 0.25) is 0 Å². The third-order valence-electron chi connectivity index (χ3n) is 12.0. The molecule has 0 unspecified atom stereocenters. The summed E-state index contributed by atoms with van der Waals surface area (Å²) in [4.78, 5) is 12.2. The summed E-state index contributed by atoms with van der Waals surface area (Å²) < 4.78 is 5.55. The van der Waals surface area contributed by atoms with Crippen LogP contribution >= 0.6 is 0 Å². The van der Waals surface area contributed by atoms with Gasteiger partial charge in [-0.1, -0.05) is 52.3 Å². The molecule has 1 amide bonds. The topological polar surface area (TPSA) is 78.8 Å². The van der Waals surface area contributed by atoms with E-state index in [2.05, 4.69) is 33.0 Å². The predicted molar refractivity (Wildman–Crippen MR) is 147 cm³/mol. The fourth-order valence-corrected chi connectivity index (χ4v) is 10.1. The highest BCUT2D eigenvalue weighted by molar-refractivity contribution is 5.84. The van der Waals surface area contributed by atoms with Gasteiger partial charge < -0.3 is 14.9 Å². The van der Waals surface area contributed by atoms with E-state index in [0.717, 1.165) is 37.8 Å². The Balaban J connectivity index is 1.25. The number of hydrogen-bond acceptors (Lipinski definition) is 4. The first-order valence-corrected chi connectivity index (χ1v) is 15.0. The van der Waals surface area contributed by atoms with E-state index in [9.17, 15) is 15.0 Å². The fourth-order valence-electron chi connectivity index (χ4n) is 10.1. The molecule has 4 aliphatic carbocycles. The molecule has 5 rings (SSSR count). The molecular formula is C32H49NO4. The number of aliphatic hydroxyl groups is 2. The van der Waals surface area contributed by atoms with Crippen LogP contribution in [0.25, 0.3) is 0 Å². The van der Waals surface area contributed by atoms with Gasteiger partial charge in [0.05, 0.1) is 18.8 Å². The normalized spacial score (nSPS) is 43.7. The Morgan fingerprint density at radius 2 is 1.73 bits per heavy atom. The summed E-state index contributed by atoms with van der Waals surface area (Å²) in [6, 6.07) is 9.44. The SMILES string of the molecule is CC[C@H]1[C@@H](O)[C@@H]2[C@H](CC[C@]3(C)[C@@H]([C@H](C)CCOC(=O)Nc4ccccc4)CC[C@@H]23)[C@@]2(C)CC[C@@H](O)C[C@@H]12. The van der Waals surface area contributed by atoms with Gasteiger partial charge in [-0.05, 0) is 116 Å². The Labute approximate surface area is 223 Å². The molecular weight excluding hydrogens is 462 g/mol. The molecule has 37 heavy (non-hydrogen) atoms. The molecule has 206 valence electrons. The van der Waals surface area contributed by atoms with Gasteiger partial charge in [0.1, 0.15) is 0 Å². The van der Waals surface area contributed by atoms with Crippen LogP contribution in [0, 0.1) is 52.3 Å². The first-order valence-electron chi connectivity index (χ1n) is 15.0. The number of nitrogens with one attached hydrogen (secondary N) is 1. The zero-order chi connectivity index (χ0) is 26.4. The first-order chi connectivity index (χ1) is 17.7. The van der Waals surface area contributed by atoms with E-state index in [-0.39, 0.29) is 29.1 Å². The number of benzene rings is 1. The van der Waals surface area contributed by atoms with Crippen LogP contribution in [0.3, 0.4) is 0 Å². The lowest BCUT2D eigenvalue weighted by Crippen LogP contribution is -2.62. The van der Waals surface area contributed by atoms with Gasteiger partial charge in [0.2, 0.25) is 0 Å². The van der Waals surface area contributed by atoms with Crippen LogP contribution in [0.1, 0.15) is 85.5 Å². The van der Waals surface area contributed by atoms with Crippen molar-refractivity contribution < 1.29 is 19.7 Å². The van der Waals surface area contributed by atoms with Crippen molar-refractivity contribution in [3.8, 4) is 0 Å². The molecule has 0 radical (unpaired) electrons. The lowest BCUT2D eigenvalue weighted by molar-refractivity contribution is -0.203. The van der Waals surface area contributed by atoms with E-state index in [1.165, 1.54) is 25.7 Å². The van der Waals surface area contributed by atoms with E-state index in [0.29, 0.717) is 48.0 Å². The molecule has 1 aromatic carbocycles. The lowest BCUT2D eigenvalue weighted by atomic mass is 9.41. The van der Waals surface area contributed by atoms with E-state index in [4.69, 9.17) is 4.74 Å². The molecule has 4 saturated carbocycles. The molecule has 0 spiro atoms. The second kappa shape index (κ2) is 10.5. The summed E-state index contributed by atoms with van der Waals surface area (Å²) in [5, 5.41) is 25.2. The maximum Gasteiger partial charge on any atom is 0.411 e. The van der Waals surface area contributed by atoms with Crippen LogP contribution in [-0.4, -0.2) is 35.1 Å². The average Bonchev–Trinajstić information content (AvgIpc) is 3.23. The summed E-state index contributed by atoms with van der Waals surface area (Å²) in [6.45, 7) is 10.0. The van der Waals surface area contributed by atoms with Crippen molar-refractivity contribution in [1.82, 2.24) is 0 Å². The number of ether oxygens (including phenoxy) is 1. The van der Waals surface area contributed by atoms with E-state index in [1.54, 1.807) is 0 Å². The number of rotatable bonds is 6. The van der Waals surface area contributed by atoms with Gasteiger partial charge in [0.25, 0.3) is 0 Å². The summed E-state index contributed by atoms with van der Waals surface area (Å²) in [5.74, 6) is 3.34. The molecule has 0 saturated heterocycles. The van der Waals surface area contributed by atoms with Crippen molar-refractivity contribution in [3.63, 3.8) is 0 Å². The molecule has 4 aliphatic rings. The lowest BCUT2D eigenvalue weighted by Gasteiger charge is -2.64. The standard InChI is InChI=1S/C32H49NO4/c1-5-23-27-19-22(34)13-16-32(27,4)26-14-17-31(3)24(11-12-25(31)28(26)29(23)35)20(2)15-18-37-30(36)33-21-9-7-6-8-10-21/h6-10,20,22-29,34-35H,5,11-19H2,1-4H3,(H,33,36)/t20-,22-,23-,24-,25+,26+,27+,28+,29-,31-,32-/m1/s1. The zero-order valence-corrected chi connectivity index (χ0v) is 23.4. The Hall–Kier alpha value is -1.59. The minimum absolute atomic E-state index is 0.196. The largest absolute Gasteiger partial charge is 0.449 e. The molecule has 5 nitrogen and oxygen atoms in total. The molecule has 0 bridgehead atoms. The Morgan fingerprint density at radius 3 is 2.46 bits per heavy atom. The number of carbonyl (C=O) groups excluding carboxylic acids is 1. The Kier molecular flexibility index (Phi) is 7.68. The van der Waals surface area contributed by atoms with Crippen LogP contribution in [0.5, 0.6) is 0 Å². The van der Waals surface area contributed by atoms with Crippen molar-refractivity contribution in [2.45, 2.75) is 97.7 Å². The third kappa shape index (κ3) is 4.73. The second-order valence-corrected chi connectivity index (χ2v) is 13.5. The van der Waals surface area contributed by atoms with Gasteiger partial charge in [-0.25, -0.2) is 4.79 Å². The number of amides is 1. The van der Waals surface area contributed by atoms with Crippen LogP contribution in [-0.2, 0) is 4.74 Å². The molecule has 0 aromatic heterocycles. The minimum Gasteiger partial charge on any atom is -0.449 e. The Morgan fingerprint density at radius 1 is 1.03 bits per heavy atom. The van der Waals surface area contributed by atoms with Crippen molar-refractivity contribution in [2.24, 2.45) is 52.3 Å². The number of aliphatic hydroxyl groups excluding tert-OH is 2. The van der Waals surface area contributed by atoms with Crippen molar-refractivity contribution in [2.75, 3.05) is 11.9 Å². The fraction of sp³-hybridized carbons (Fsp3) is 0.781. The van der Waals surface area contributed by atoms with Crippen LogP contribution in [0.4, 0.5) is 10.5 Å².